The average molecular weight is 190 g/mol. The van der Waals surface area contributed by atoms with Gasteiger partial charge in [0, 0.05) is 20.6 Å². The van der Waals surface area contributed by atoms with Crippen molar-refractivity contribution in [2.75, 3.05) is 13.7 Å². The number of hydrogen-bond acceptors (Lipinski definition) is 3. The summed E-state index contributed by atoms with van der Waals surface area (Å²) in [7, 11) is 3.57. The van der Waals surface area contributed by atoms with Gasteiger partial charge >= 0.3 is 0 Å². The topological polar surface area (TPSA) is 39.9 Å². The summed E-state index contributed by atoms with van der Waals surface area (Å²) in [4.78, 5) is 0. The van der Waals surface area contributed by atoms with Crippen molar-refractivity contribution < 1.29 is 4.74 Å². The van der Waals surface area contributed by atoms with E-state index in [0.717, 1.165) is 18.1 Å². The van der Waals surface area contributed by atoms with Gasteiger partial charge in [0.25, 0.3) is 0 Å². The molecule has 0 bridgehead atoms. The zero-order chi connectivity index (χ0) is 8.97. The number of ether oxygens (including phenoxy) is 1. The van der Waals surface area contributed by atoms with E-state index in [9.17, 15) is 0 Å². The molecule has 1 aromatic rings. The molecule has 68 valence electrons. The molecule has 0 N–H and O–H groups in total. The first-order valence-corrected chi connectivity index (χ1v) is 4.25. The highest BCUT2D eigenvalue weighted by atomic mass is 35.5. The molecule has 0 aliphatic rings. The van der Waals surface area contributed by atoms with Gasteiger partial charge in [0.1, 0.15) is 11.6 Å². The Bertz CT molecular complexity index is 249. The Morgan fingerprint density at radius 2 is 2.08 bits per heavy atom. The molecule has 1 aromatic heterocycles. The molecule has 0 amide bonds. The zero-order valence-corrected chi connectivity index (χ0v) is 8.01. The normalized spacial score (nSPS) is 10.6. The van der Waals surface area contributed by atoms with Crippen LogP contribution in [0.3, 0.4) is 0 Å². The third-order valence-electron chi connectivity index (χ3n) is 1.70. The van der Waals surface area contributed by atoms with E-state index in [1.165, 1.54) is 0 Å². The average Bonchev–Trinajstić information content (AvgIpc) is 2.43. The number of methoxy groups -OCH3 is 1. The van der Waals surface area contributed by atoms with Crippen molar-refractivity contribution in [2.45, 2.75) is 12.3 Å². The lowest BCUT2D eigenvalue weighted by Crippen LogP contribution is -2.04. The summed E-state index contributed by atoms with van der Waals surface area (Å²) in [5, 5.41) is 7.89. The molecular weight excluding hydrogens is 178 g/mol. The smallest absolute Gasteiger partial charge is 0.147 e. The van der Waals surface area contributed by atoms with Crippen LogP contribution in [-0.4, -0.2) is 28.5 Å². The Morgan fingerprint density at radius 3 is 2.58 bits per heavy atom. The molecule has 5 heteroatoms. The highest BCUT2D eigenvalue weighted by Crippen LogP contribution is 2.02. The van der Waals surface area contributed by atoms with Crippen LogP contribution in [0.25, 0.3) is 0 Å². The summed E-state index contributed by atoms with van der Waals surface area (Å²) in [5.41, 5.74) is 0. The van der Waals surface area contributed by atoms with E-state index in [1.54, 1.807) is 7.11 Å². The van der Waals surface area contributed by atoms with Gasteiger partial charge in [0.05, 0.1) is 12.5 Å². The first kappa shape index (κ1) is 9.48. The molecule has 4 nitrogen and oxygen atoms in total. The van der Waals surface area contributed by atoms with Crippen LogP contribution >= 0.6 is 11.6 Å². The molecule has 0 aromatic carbocycles. The molecule has 0 spiro atoms. The fourth-order valence-corrected chi connectivity index (χ4v) is 1.16. The minimum absolute atomic E-state index is 0.399. The molecule has 0 unspecified atom stereocenters. The van der Waals surface area contributed by atoms with Crippen LogP contribution in [0, 0.1) is 0 Å². The third-order valence-corrected chi connectivity index (χ3v) is 1.94. The van der Waals surface area contributed by atoms with Crippen LogP contribution in [0.4, 0.5) is 0 Å². The SMILES string of the molecule is COCCc1nnc(CCl)n1C. The van der Waals surface area contributed by atoms with Gasteiger partial charge in [0.15, 0.2) is 0 Å². The molecule has 0 saturated heterocycles. The fraction of sp³-hybridized carbons (Fsp3) is 0.714. The number of rotatable bonds is 4. The maximum Gasteiger partial charge on any atom is 0.147 e. The second kappa shape index (κ2) is 4.42. The standard InChI is InChI=1S/C7H12ClN3O/c1-11-6(3-4-12-2)9-10-7(11)5-8/h3-5H2,1-2H3. The lowest BCUT2D eigenvalue weighted by atomic mass is 10.4. The van der Waals surface area contributed by atoms with Crippen molar-refractivity contribution >= 4 is 11.6 Å². The van der Waals surface area contributed by atoms with Crippen LogP contribution in [0.1, 0.15) is 11.6 Å². The molecule has 0 radical (unpaired) electrons. The van der Waals surface area contributed by atoms with Gasteiger partial charge in [-0.3, -0.25) is 0 Å². The van der Waals surface area contributed by atoms with Gasteiger partial charge in [-0.2, -0.15) is 0 Å². The predicted octanol–water partition coefficient (Wildman–Crippen LogP) is 0.743. The van der Waals surface area contributed by atoms with E-state index in [1.807, 2.05) is 11.6 Å². The van der Waals surface area contributed by atoms with Crippen LogP contribution in [0.15, 0.2) is 0 Å². The molecule has 0 aliphatic heterocycles. The molecule has 0 saturated carbocycles. The molecule has 0 fully saturated rings. The maximum atomic E-state index is 5.62. The predicted molar refractivity (Wildman–Crippen MR) is 46.1 cm³/mol. The van der Waals surface area contributed by atoms with Gasteiger partial charge in [-0.15, -0.1) is 21.8 Å². The van der Waals surface area contributed by atoms with Crippen molar-refractivity contribution in [1.82, 2.24) is 14.8 Å². The number of aromatic nitrogens is 3. The van der Waals surface area contributed by atoms with Gasteiger partial charge < -0.3 is 9.30 Å². The molecule has 0 atom stereocenters. The Balaban J connectivity index is 2.66. The Morgan fingerprint density at radius 1 is 1.42 bits per heavy atom. The number of halogens is 1. The van der Waals surface area contributed by atoms with Crippen LogP contribution in [-0.2, 0) is 24.1 Å². The summed E-state index contributed by atoms with van der Waals surface area (Å²) in [6.07, 6.45) is 0.775. The molecule has 1 heterocycles. The number of hydrogen-bond donors (Lipinski definition) is 0. The second-order valence-corrected chi connectivity index (χ2v) is 2.74. The van der Waals surface area contributed by atoms with Gasteiger partial charge in [0.2, 0.25) is 0 Å². The largest absolute Gasteiger partial charge is 0.384 e. The first-order chi connectivity index (χ1) is 5.79. The van der Waals surface area contributed by atoms with Crippen molar-refractivity contribution in [3.63, 3.8) is 0 Å². The summed E-state index contributed by atoms with van der Waals surface area (Å²) >= 11 is 5.62. The van der Waals surface area contributed by atoms with E-state index in [0.29, 0.717) is 12.5 Å². The maximum absolute atomic E-state index is 5.62. The van der Waals surface area contributed by atoms with Crippen LogP contribution < -0.4 is 0 Å². The third kappa shape index (κ3) is 1.95. The van der Waals surface area contributed by atoms with Crippen LogP contribution in [0.5, 0.6) is 0 Å². The Labute approximate surface area is 76.5 Å². The van der Waals surface area contributed by atoms with Gasteiger partial charge in [-0.25, -0.2) is 0 Å². The van der Waals surface area contributed by atoms with E-state index < -0.39 is 0 Å². The number of alkyl halides is 1. The minimum atomic E-state index is 0.399. The monoisotopic (exact) mass is 189 g/mol. The highest BCUT2D eigenvalue weighted by Gasteiger charge is 2.05. The quantitative estimate of drug-likeness (QED) is 0.657. The van der Waals surface area contributed by atoms with Gasteiger partial charge in [-0.1, -0.05) is 0 Å². The summed E-state index contributed by atoms with van der Waals surface area (Å²) in [6.45, 7) is 0.661. The first-order valence-electron chi connectivity index (χ1n) is 3.71. The summed E-state index contributed by atoms with van der Waals surface area (Å²) in [5.74, 6) is 2.10. The Hall–Kier alpha value is -0.610. The molecular formula is C7H12ClN3O. The van der Waals surface area contributed by atoms with E-state index in [2.05, 4.69) is 10.2 Å². The van der Waals surface area contributed by atoms with Crippen molar-refractivity contribution in [3.05, 3.63) is 11.6 Å². The van der Waals surface area contributed by atoms with Crippen molar-refractivity contribution in [3.8, 4) is 0 Å². The Kier molecular flexibility index (Phi) is 3.49. The van der Waals surface area contributed by atoms with Crippen molar-refractivity contribution in [2.24, 2.45) is 7.05 Å². The second-order valence-electron chi connectivity index (χ2n) is 2.47. The lowest BCUT2D eigenvalue weighted by Gasteiger charge is -2.00. The van der Waals surface area contributed by atoms with Crippen LogP contribution in [0.2, 0.25) is 0 Å². The minimum Gasteiger partial charge on any atom is -0.384 e. The molecule has 12 heavy (non-hydrogen) atoms. The van der Waals surface area contributed by atoms with E-state index >= 15 is 0 Å². The van der Waals surface area contributed by atoms with E-state index in [-0.39, 0.29) is 0 Å². The lowest BCUT2D eigenvalue weighted by molar-refractivity contribution is 0.199. The molecule has 0 aliphatic carbocycles. The number of nitrogens with zero attached hydrogens (tertiary/aromatic N) is 3. The fourth-order valence-electron chi connectivity index (χ4n) is 0.926. The zero-order valence-electron chi connectivity index (χ0n) is 7.25. The summed E-state index contributed by atoms with van der Waals surface area (Å²) in [6, 6.07) is 0. The summed E-state index contributed by atoms with van der Waals surface area (Å²) < 4.78 is 6.82. The molecule has 1 rings (SSSR count). The van der Waals surface area contributed by atoms with Crippen molar-refractivity contribution in [1.29, 1.82) is 0 Å². The highest BCUT2D eigenvalue weighted by molar-refractivity contribution is 6.16. The van der Waals surface area contributed by atoms with Gasteiger partial charge in [-0.05, 0) is 0 Å². The van der Waals surface area contributed by atoms with E-state index in [4.69, 9.17) is 16.3 Å².